The van der Waals surface area contributed by atoms with Crippen molar-refractivity contribution < 1.29 is 4.74 Å². The first-order chi connectivity index (χ1) is 6.99. The average molecular weight is 201 g/mol. The molecule has 2 N–H and O–H groups in total. The molecule has 0 saturated heterocycles. The van der Waals surface area contributed by atoms with Crippen molar-refractivity contribution in [2.75, 3.05) is 12.3 Å². The number of anilines is 1. The molecule has 0 amide bonds. The summed E-state index contributed by atoms with van der Waals surface area (Å²) in [6.07, 6.45) is 1.25. The molecule has 15 heavy (non-hydrogen) atoms. The molecular formula is C12H16BNO. The van der Waals surface area contributed by atoms with E-state index in [1.165, 1.54) is 6.42 Å². The zero-order chi connectivity index (χ0) is 11.1. The molecule has 1 aliphatic rings. The van der Waals surface area contributed by atoms with E-state index in [4.69, 9.17) is 18.3 Å². The van der Waals surface area contributed by atoms with Crippen LogP contribution in [-0.2, 0) is 0 Å². The Bertz CT molecular complexity index is 376. The van der Waals surface area contributed by atoms with Crippen molar-refractivity contribution in [3.8, 4) is 5.75 Å². The number of hydrogen-bond donors (Lipinski definition) is 1. The van der Waals surface area contributed by atoms with Gasteiger partial charge in [0.05, 0.1) is 6.61 Å². The molecule has 0 aromatic heterocycles. The molecule has 0 aliphatic heterocycles. The minimum absolute atomic E-state index is 0.458. The fourth-order valence-corrected chi connectivity index (χ4v) is 1.70. The molecule has 2 nitrogen and oxygen atoms in total. The summed E-state index contributed by atoms with van der Waals surface area (Å²) in [5.41, 5.74) is 7.27. The van der Waals surface area contributed by atoms with Crippen LogP contribution in [0.2, 0.25) is 0 Å². The summed E-state index contributed by atoms with van der Waals surface area (Å²) < 4.78 is 5.67. The minimum atomic E-state index is 0.458. The van der Waals surface area contributed by atoms with Gasteiger partial charge < -0.3 is 10.5 Å². The van der Waals surface area contributed by atoms with Crippen molar-refractivity contribution in [2.24, 2.45) is 11.3 Å². The number of rotatable bonds is 3. The Labute approximate surface area is 92.2 Å². The number of nitrogens with two attached hydrogens (primary N) is 1. The highest BCUT2D eigenvalue weighted by atomic mass is 16.5. The van der Waals surface area contributed by atoms with Gasteiger partial charge in [-0.05, 0) is 36.0 Å². The molecule has 1 aliphatic carbocycles. The van der Waals surface area contributed by atoms with Crippen LogP contribution in [0.1, 0.15) is 20.3 Å². The van der Waals surface area contributed by atoms with E-state index >= 15 is 0 Å². The maximum atomic E-state index is 5.69. The van der Waals surface area contributed by atoms with E-state index in [1.807, 2.05) is 6.07 Å². The van der Waals surface area contributed by atoms with Crippen LogP contribution >= 0.6 is 0 Å². The molecule has 1 unspecified atom stereocenters. The van der Waals surface area contributed by atoms with E-state index in [0.717, 1.165) is 12.4 Å². The van der Waals surface area contributed by atoms with Crippen molar-refractivity contribution in [1.82, 2.24) is 0 Å². The van der Waals surface area contributed by atoms with Crippen LogP contribution in [0.3, 0.4) is 0 Å². The van der Waals surface area contributed by atoms with Gasteiger partial charge in [-0.1, -0.05) is 19.3 Å². The molecule has 1 atom stereocenters. The second kappa shape index (κ2) is 3.48. The first-order valence-electron chi connectivity index (χ1n) is 5.27. The zero-order valence-corrected chi connectivity index (χ0v) is 9.29. The highest BCUT2D eigenvalue weighted by Crippen LogP contribution is 2.51. The molecule has 1 aromatic carbocycles. The monoisotopic (exact) mass is 201 g/mol. The Morgan fingerprint density at radius 2 is 2.20 bits per heavy atom. The summed E-state index contributed by atoms with van der Waals surface area (Å²) in [5.74, 6) is 1.49. The Kier molecular flexibility index (Phi) is 2.41. The summed E-state index contributed by atoms with van der Waals surface area (Å²) in [5, 5.41) is 0. The molecule has 3 heteroatoms. The van der Waals surface area contributed by atoms with Crippen molar-refractivity contribution in [2.45, 2.75) is 20.3 Å². The highest BCUT2D eigenvalue weighted by molar-refractivity contribution is 6.35. The molecule has 1 fully saturated rings. The Morgan fingerprint density at radius 3 is 2.73 bits per heavy atom. The highest BCUT2D eigenvalue weighted by Gasteiger charge is 2.45. The molecule has 78 valence electrons. The predicted molar refractivity (Wildman–Crippen MR) is 63.6 cm³/mol. The van der Waals surface area contributed by atoms with Crippen molar-refractivity contribution in [3.63, 3.8) is 0 Å². The number of ether oxygens (including phenoxy) is 1. The van der Waals surface area contributed by atoms with Gasteiger partial charge in [0, 0.05) is 5.69 Å². The van der Waals surface area contributed by atoms with Crippen LogP contribution in [0, 0.1) is 11.3 Å². The van der Waals surface area contributed by atoms with Crippen molar-refractivity contribution in [3.05, 3.63) is 18.2 Å². The van der Waals surface area contributed by atoms with Gasteiger partial charge >= 0.3 is 0 Å². The number of benzene rings is 1. The second-order valence-electron chi connectivity index (χ2n) is 4.99. The fraction of sp³-hybridized carbons (Fsp3) is 0.500. The van der Waals surface area contributed by atoms with E-state index in [9.17, 15) is 0 Å². The minimum Gasteiger partial charge on any atom is -0.493 e. The van der Waals surface area contributed by atoms with Crippen molar-refractivity contribution in [1.29, 1.82) is 0 Å². The lowest BCUT2D eigenvalue weighted by molar-refractivity contribution is 0.280. The summed E-state index contributed by atoms with van der Waals surface area (Å²) in [4.78, 5) is 0. The van der Waals surface area contributed by atoms with E-state index in [-0.39, 0.29) is 0 Å². The molecule has 1 aromatic rings. The molecule has 0 heterocycles. The molecule has 2 radical (unpaired) electrons. The van der Waals surface area contributed by atoms with Crippen LogP contribution in [0.25, 0.3) is 0 Å². The quantitative estimate of drug-likeness (QED) is 0.593. The maximum absolute atomic E-state index is 5.69. The van der Waals surface area contributed by atoms with Gasteiger partial charge in [0.15, 0.2) is 0 Å². The molecule has 0 bridgehead atoms. The van der Waals surface area contributed by atoms with Crippen LogP contribution in [0.4, 0.5) is 5.69 Å². The largest absolute Gasteiger partial charge is 0.493 e. The lowest BCUT2D eigenvalue weighted by Crippen LogP contribution is -2.11. The van der Waals surface area contributed by atoms with Crippen LogP contribution in [0.5, 0.6) is 5.75 Å². The Hall–Kier alpha value is -1.12. The Balaban J connectivity index is 1.92. The molecule has 1 saturated carbocycles. The lowest BCUT2D eigenvalue weighted by Gasteiger charge is -2.09. The standard InChI is InChI=1S/C12H16BNO/c1-12(2)6-8(12)7-15-9-3-4-11(14)10(13)5-9/h3-5,8H,6-7,14H2,1-2H3. The molecular weight excluding hydrogens is 185 g/mol. The van der Waals surface area contributed by atoms with Crippen LogP contribution < -0.4 is 15.9 Å². The average Bonchev–Trinajstić information content (AvgIpc) is 2.77. The van der Waals surface area contributed by atoms with E-state index < -0.39 is 0 Å². The number of hydrogen-bond acceptors (Lipinski definition) is 2. The summed E-state index contributed by atoms with van der Waals surface area (Å²) in [6, 6.07) is 5.43. The topological polar surface area (TPSA) is 35.2 Å². The first kappa shape index (κ1) is 10.4. The third-order valence-electron chi connectivity index (χ3n) is 3.23. The van der Waals surface area contributed by atoms with E-state index in [1.54, 1.807) is 12.1 Å². The van der Waals surface area contributed by atoms with Gasteiger partial charge in [-0.3, -0.25) is 0 Å². The van der Waals surface area contributed by atoms with E-state index in [2.05, 4.69) is 13.8 Å². The first-order valence-corrected chi connectivity index (χ1v) is 5.27. The SMILES string of the molecule is [B]c1cc(OCC2CC2(C)C)ccc1N. The summed E-state index contributed by atoms with van der Waals surface area (Å²) >= 11 is 0. The van der Waals surface area contributed by atoms with E-state index in [0.29, 0.717) is 22.5 Å². The normalized spacial score (nSPS) is 22.4. The number of nitrogen functional groups attached to an aromatic ring is 1. The van der Waals surface area contributed by atoms with Gasteiger partial charge in [-0.2, -0.15) is 0 Å². The third-order valence-corrected chi connectivity index (χ3v) is 3.23. The molecule has 2 rings (SSSR count). The smallest absolute Gasteiger partial charge is 0.118 e. The second-order valence-corrected chi connectivity index (χ2v) is 4.99. The summed E-state index contributed by atoms with van der Waals surface area (Å²) in [7, 11) is 5.69. The van der Waals surface area contributed by atoms with Gasteiger partial charge in [-0.15, -0.1) is 0 Å². The van der Waals surface area contributed by atoms with Gasteiger partial charge in [0.1, 0.15) is 13.6 Å². The third kappa shape index (κ3) is 2.28. The van der Waals surface area contributed by atoms with Gasteiger partial charge in [0.2, 0.25) is 0 Å². The lowest BCUT2D eigenvalue weighted by atomic mass is 9.94. The van der Waals surface area contributed by atoms with Gasteiger partial charge in [-0.25, -0.2) is 0 Å². The fourth-order valence-electron chi connectivity index (χ4n) is 1.70. The van der Waals surface area contributed by atoms with Crippen molar-refractivity contribution >= 4 is 19.0 Å². The Morgan fingerprint density at radius 1 is 1.53 bits per heavy atom. The maximum Gasteiger partial charge on any atom is 0.118 e. The van der Waals surface area contributed by atoms with Crippen LogP contribution in [0.15, 0.2) is 18.2 Å². The summed E-state index contributed by atoms with van der Waals surface area (Å²) in [6.45, 7) is 5.30. The zero-order valence-electron chi connectivity index (χ0n) is 9.29. The van der Waals surface area contributed by atoms with Gasteiger partial charge in [0.25, 0.3) is 0 Å². The molecule has 0 spiro atoms. The van der Waals surface area contributed by atoms with Crippen LogP contribution in [-0.4, -0.2) is 14.5 Å². The predicted octanol–water partition coefficient (Wildman–Crippen LogP) is 1.49.